The lowest BCUT2D eigenvalue weighted by molar-refractivity contribution is -0.341. The van der Waals surface area contributed by atoms with E-state index in [1.54, 1.807) is 7.11 Å². The highest BCUT2D eigenvalue weighted by Crippen LogP contribution is 2.37. The predicted octanol–water partition coefficient (Wildman–Crippen LogP) is 2.27. The molecule has 15 heavy (non-hydrogen) atoms. The summed E-state index contributed by atoms with van der Waals surface area (Å²) in [6, 6.07) is 9.71. The Labute approximate surface area is 90.0 Å². The van der Waals surface area contributed by atoms with Gasteiger partial charge in [0.2, 0.25) is 0 Å². The number of hydrogen-bond acceptors (Lipinski definition) is 3. The number of methoxy groups -OCH3 is 1. The van der Waals surface area contributed by atoms with Gasteiger partial charge >= 0.3 is 5.97 Å². The largest absolute Gasteiger partial charge is 0.327 e. The predicted molar refractivity (Wildman–Crippen MR) is 56.2 cm³/mol. The van der Waals surface area contributed by atoms with Crippen molar-refractivity contribution < 1.29 is 14.2 Å². The second-order valence-electron chi connectivity index (χ2n) is 3.77. The summed E-state index contributed by atoms with van der Waals surface area (Å²) in [5.41, 5.74) is 0.892. The fourth-order valence-electron chi connectivity index (χ4n) is 1.70. The van der Waals surface area contributed by atoms with E-state index < -0.39 is 5.97 Å². The van der Waals surface area contributed by atoms with Crippen molar-refractivity contribution in [1.82, 2.24) is 0 Å². The molecule has 1 aliphatic rings. The van der Waals surface area contributed by atoms with Crippen LogP contribution in [0.15, 0.2) is 30.3 Å². The van der Waals surface area contributed by atoms with Gasteiger partial charge in [0.15, 0.2) is 0 Å². The summed E-state index contributed by atoms with van der Waals surface area (Å²) < 4.78 is 16.9. The van der Waals surface area contributed by atoms with E-state index in [2.05, 4.69) is 0 Å². The van der Waals surface area contributed by atoms with Crippen LogP contribution < -0.4 is 0 Å². The first-order valence-corrected chi connectivity index (χ1v) is 5.14. The third-order valence-electron chi connectivity index (χ3n) is 2.74. The Kier molecular flexibility index (Phi) is 2.78. The van der Waals surface area contributed by atoms with E-state index in [4.69, 9.17) is 14.2 Å². The van der Waals surface area contributed by atoms with Crippen LogP contribution in [0.2, 0.25) is 0 Å². The highest BCUT2D eigenvalue weighted by Gasteiger charge is 2.46. The zero-order valence-electron chi connectivity index (χ0n) is 9.27. The topological polar surface area (TPSA) is 27.7 Å². The van der Waals surface area contributed by atoms with Crippen LogP contribution in [0, 0.1) is 0 Å². The minimum Gasteiger partial charge on any atom is -0.327 e. The molecule has 3 nitrogen and oxygen atoms in total. The van der Waals surface area contributed by atoms with Crippen molar-refractivity contribution in [3.05, 3.63) is 35.9 Å². The van der Waals surface area contributed by atoms with Crippen LogP contribution in [-0.4, -0.2) is 19.3 Å². The van der Waals surface area contributed by atoms with E-state index in [0.29, 0.717) is 0 Å². The molecule has 1 aromatic carbocycles. The Hall–Kier alpha value is -0.900. The zero-order chi connectivity index (χ0) is 10.9. The average Bonchev–Trinajstić information content (AvgIpc) is 2.57. The molecule has 0 N–H and O–H groups in total. The molecule has 3 heteroatoms. The molecule has 1 aromatic rings. The molecule has 0 radical (unpaired) electrons. The van der Waals surface area contributed by atoms with Crippen LogP contribution in [0.4, 0.5) is 0 Å². The summed E-state index contributed by atoms with van der Waals surface area (Å²) in [7, 11) is 1.60. The molecule has 1 heterocycles. The second-order valence-corrected chi connectivity index (χ2v) is 3.77. The molecule has 2 unspecified atom stereocenters. The van der Waals surface area contributed by atoms with Gasteiger partial charge in [0, 0.05) is 12.7 Å². The van der Waals surface area contributed by atoms with Gasteiger partial charge in [-0.25, -0.2) is 0 Å². The van der Waals surface area contributed by atoms with E-state index in [-0.39, 0.29) is 12.2 Å². The fraction of sp³-hybridized carbons (Fsp3) is 0.500. The zero-order valence-corrected chi connectivity index (χ0v) is 9.27. The standard InChI is InChI=1S/C12H16O3/c1-9-10(2)15-12(13-3,14-9)11-7-5-4-6-8-11/h4-10H,1-3H3. The first-order valence-electron chi connectivity index (χ1n) is 5.14. The Balaban J connectivity index is 2.32. The smallest absolute Gasteiger partial charge is 0.312 e. The Bertz CT molecular complexity index is 313. The van der Waals surface area contributed by atoms with Gasteiger partial charge in [0.25, 0.3) is 0 Å². The number of benzene rings is 1. The lowest BCUT2D eigenvalue weighted by Crippen LogP contribution is -2.30. The Morgan fingerprint density at radius 1 is 1.07 bits per heavy atom. The Morgan fingerprint density at radius 3 is 2.07 bits per heavy atom. The van der Waals surface area contributed by atoms with Crippen LogP contribution >= 0.6 is 0 Å². The third-order valence-corrected chi connectivity index (χ3v) is 2.74. The maximum Gasteiger partial charge on any atom is 0.312 e. The van der Waals surface area contributed by atoms with Gasteiger partial charge in [0.1, 0.15) is 0 Å². The van der Waals surface area contributed by atoms with Crippen LogP contribution in [0.1, 0.15) is 19.4 Å². The molecule has 2 atom stereocenters. The molecular weight excluding hydrogens is 192 g/mol. The minimum absolute atomic E-state index is 0.0326. The molecular formula is C12H16O3. The average molecular weight is 208 g/mol. The van der Waals surface area contributed by atoms with Gasteiger partial charge in [-0.15, -0.1) is 0 Å². The quantitative estimate of drug-likeness (QED) is 0.746. The monoisotopic (exact) mass is 208 g/mol. The van der Waals surface area contributed by atoms with E-state index in [1.807, 2.05) is 44.2 Å². The Morgan fingerprint density at radius 2 is 1.60 bits per heavy atom. The summed E-state index contributed by atoms with van der Waals surface area (Å²) >= 11 is 0. The van der Waals surface area contributed by atoms with Crippen molar-refractivity contribution in [2.24, 2.45) is 0 Å². The van der Waals surface area contributed by atoms with Crippen LogP contribution in [0.5, 0.6) is 0 Å². The highest BCUT2D eigenvalue weighted by molar-refractivity contribution is 5.19. The molecule has 1 aliphatic heterocycles. The van der Waals surface area contributed by atoms with Crippen LogP contribution in [0.3, 0.4) is 0 Å². The second kappa shape index (κ2) is 3.93. The van der Waals surface area contributed by atoms with Gasteiger partial charge in [-0.05, 0) is 13.8 Å². The summed E-state index contributed by atoms with van der Waals surface area (Å²) in [5, 5.41) is 0. The molecule has 1 saturated heterocycles. The van der Waals surface area contributed by atoms with Gasteiger partial charge in [0.05, 0.1) is 12.2 Å². The normalized spacial score (nSPS) is 35.7. The molecule has 82 valence electrons. The molecule has 2 rings (SSSR count). The summed E-state index contributed by atoms with van der Waals surface area (Å²) in [5.74, 6) is -1.03. The molecule has 0 aromatic heterocycles. The molecule has 0 amide bonds. The minimum atomic E-state index is -1.03. The molecule has 0 spiro atoms. The summed E-state index contributed by atoms with van der Waals surface area (Å²) in [4.78, 5) is 0. The number of hydrogen-bond donors (Lipinski definition) is 0. The molecule has 0 aliphatic carbocycles. The van der Waals surface area contributed by atoms with Crippen molar-refractivity contribution in [2.75, 3.05) is 7.11 Å². The maximum atomic E-state index is 5.75. The van der Waals surface area contributed by atoms with E-state index in [0.717, 1.165) is 5.56 Å². The fourth-order valence-corrected chi connectivity index (χ4v) is 1.70. The number of rotatable bonds is 2. The first kappa shape index (κ1) is 10.6. The first-order chi connectivity index (χ1) is 7.18. The maximum absolute atomic E-state index is 5.75. The summed E-state index contributed by atoms with van der Waals surface area (Å²) in [6.45, 7) is 3.96. The van der Waals surface area contributed by atoms with Gasteiger partial charge in [-0.2, -0.15) is 0 Å². The van der Waals surface area contributed by atoms with Gasteiger partial charge < -0.3 is 14.2 Å². The van der Waals surface area contributed by atoms with Gasteiger partial charge in [-0.3, -0.25) is 0 Å². The molecule has 1 fully saturated rings. The van der Waals surface area contributed by atoms with E-state index >= 15 is 0 Å². The van der Waals surface area contributed by atoms with E-state index in [9.17, 15) is 0 Å². The lowest BCUT2D eigenvalue weighted by Gasteiger charge is -2.26. The SMILES string of the molecule is COC1(c2ccccc2)OC(C)C(C)O1. The van der Waals surface area contributed by atoms with Crippen molar-refractivity contribution in [3.8, 4) is 0 Å². The summed E-state index contributed by atoms with van der Waals surface area (Å²) in [6.07, 6.45) is 0.0651. The van der Waals surface area contributed by atoms with Crippen molar-refractivity contribution >= 4 is 0 Å². The molecule has 0 saturated carbocycles. The van der Waals surface area contributed by atoms with Gasteiger partial charge in [-0.1, -0.05) is 30.3 Å². The van der Waals surface area contributed by atoms with E-state index in [1.165, 1.54) is 0 Å². The van der Waals surface area contributed by atoms with Crippen molar-refractivity contribution in [3.63, 3.8) is 0 Å². The van der Waals surface area contributed by atoms with Crippen LogP contribution in [0.25, 0.3) is 0 Å². The molecule has 0 bridgehead atoms. The highest BCUT2D eigenvalue weighted by atomic mass is 16.9. The van der Waals surface area contributed by atoms with Crippen LogP contribution in [-0.2, 0) is 20.2 Å². The van der Waals surface area contributed by atoms with Crippen molar-refractivity contribution in [2.45, 2.75) is 32.0 Å². The number of ether oxygens (including phenoxy) is 3. The third kappa shape index (κ3) is 1.78. The lowest BCUT2D eigenvalue weighted by atomic mass is 10.2. The van der Waals surface area contributed by atoms with Crippen molar-refractivity contribution in [1.29, 1.82) is 0 Å².